The Hall–Kier alpha value is -1.27. The number of benzene rings is 1. The van der Waals surface area contributed by atoms with Gasteiger partial charge in [0.05, 0.1) is 0 Å². The summed E-state index contributed by atoms with van der Waals surface area (Å²) in [7, 11) is 3.66. The molecular weight excluding hydrogens is 258 g/mol. The van der Waals surface area contributed by atoms with E-state index in [-0.39, 0.29) is 5.94 Å². The van der Waals surface area contributed by atoms with E-state index in [1.54, 1.807) is 29.2 Å². The Morgan fingerprint density at radius 3 is 2.59 bits per heavy atom. The molecule has 0 aliphatic carbocycles. The number of carbonyl (C=O) groups is 1. The van der Waals surface area contributed by atoms with Crippen LogP contribution in [0.3, 0.4) is 0 Å². The van der Waals surface area contributed by atoms with E-state index in [1.807, 2.05) is 20.2 Å². The van der Waals surface area contributed by atoms with Gasteiger partial charge in [0, 0.05) is 14.1 Å². The van der Waals surface area contributed by atoms with Gasteiger partial charge in [-0.1, -0.05) is 42.2 Å². The van der Waals surface area contributed by atoms with Crippen molar-refractivity contribution in [2.75, 3.05) is 20.0 Å². The fourth-order valence-electron chi connectivity index (χ4n) is 0.871. The van der Waals surface area contributed by atoms with Crippen LogP contribution in [0.15, 0.2) is 30.3 Å². The van der Waals surface area contributed by atoms with Gasteiger partial charge in [0.15, 0.2) is 0 Å². The van der Waals surface area contributed by atoms with Gasteiger partial charge in [0.25, 0.3) is 0 Å². The normalized spacial score (nSPS) is 9.53. The van der Waals surface area contributed by atoms with Crippen LogP contribution in [0.25, 0.3) is 0 Å². The second-order valence-electron chi connectivity index (χ2n) is 3.23. The summed E-state index contributed by atoms with van der Waals surface area (Å²) in [4.78, 5) is 13.0. The summed E-state index contributed by atoms with van der Waals surface area (Å²) in [6, 6.07) is 8.75. The number of carbonyl (C=O) groups excluding carboxylic acids is 1. The summed E-state index contributed by atoms with van der Waals surface area (Å²) in [5.41, 5.74) is 0. The van der Waals surface area contributed by atoms with Gasteiger partial charge < -0.3 is 14.4 Å². The molecule has 0 atom stereocenters. The fraction of sp³-hybridized carbons (Fsp3) is 0.273. The number of ether oxygens (including phenoxy) is 2. The first-order valence-corrected chi connectivity index (χ1v) is 6.22. The molecule has 17 heavy (non-hydrogen) atoms. The first-order chi connectivity index (χ1) is 8.09. The zero-order valence-electron chi connectivity index (χ0n) is 9.58. The lowest BCUT2D eigenvalue weighted by Crippen LogP contribution is -2.18. The fourth-order valence-corrected chi connectivity index (χ4v) is 1.53. The van der Waals surface area contributed by atoms with Crippen molar-refractivity contribution >= 4 is 34.5 Å². The molecule has 0 bridgehead atoms. The van der Waals surface area contributed by atoms with Crippen molar-refractivity contribution in [1.82, 2.24) is 4.90 Å². The van der Waals surface area contributed by atoms with Crippen molar-refractivity contribution in [3.63, 3.8) is 0 Å². The van der Waals surface area contributed by atoms with Crippen LogP contribution in [0, 0.1) is 0 Å². The summed E-state index contributed by atoms with van der Waals surface area (Å²) in [5, 5.41) is 0. The van der Waals surface area contributed by atoms with E-state index < -0.39 is 6.16 Å². The van der Waals surface area contributed by atoms with Gasteiger partial charge in [-0.2, -0.15) is 0 Å². The van der Waals surface area contributed by atoms with Gasteiger partial charge in [0.2, 0.25) is 0 Å². The van der Waals surface area contributed by atoms with Crippen LogP contribution < -0.4 is 4.74 Å². The van der Waals surface area contributed by atoms with E-state index in [0.717, 1.165) is 0 Å². The molecule has 6 heteroatoms. The number of hydrogen-bond donors (Lipinski definition) is 0. The minimum atomic E-state index is -0.731. The first kappa shape index (κ1) is 13.8. The van der Waals surface area contributed by atoms with Gasteiger partial charge >= 0.3 is 6.16 Å². The molecule has 0 radical (unpaired) electrons. The van der Waals surface area contributed by atoms with Crippen molar-refractivity contribution < 1.29 is 14.3 Å². The van der Waals surface area contributed by atoms with Crippen molar-refractivity contribution in [2.45, 2.75) is 0 Å². The second-order valence-corrected chi connectivity index (χ2v) is 4.79. The van der Waals surface area contributed by atoms with Crippen LogP contribution in [0.1, 0.15) is 0 Å². The topological polar surface area (TPSA) is 38.8 Å². The molecule has 92 valence electrons. The third-order valence-corrected chi connectivity index (χ3v) is 3.24. The molecule has 1 aromatic carbocycles. The van der Waals surface area contributed by atoms with Crippen molar-refractivity contribution in [3.05, 3.63) is 30.3 Å². The van der Waals surface area contributed by atoms with Crippen molar-refractivity contribution in [2.24, 2.45) is 0 Å². The number of nitrogens with zero attached hydrogens (tertiary/aromatic N) is 1. The van der Waals surface area contributed by atoms with Gasteiger partial charge in [-0.25, -0.2) is 4.79 Å². The Kier molecular flexibility index (Phi) is 5.79. The molecule has 0 amide bonds. The van der Waals surface area contributed by atoms with Crippen LogP contribution in [-0.2, 0) is 4.74 Å². The number of thiocarbonyl (C=S) groups is 1. The van der Waals surface area contributed by atoms with Crippen molar-refractivity contribution in [1.29, 1.82) is 0 Å². The quantitative estimate of drug-likeness (QED) is 0.364. The van der Waals surface area contributed by atoms with Crippen LogP contribution in [0.2, 0.25) is 0 Å². The van der Waals surface area contributed by atoms with Crippen molar-refractivity contribution in [3.8, 4) is 5.75 Å². The Morgan fingerprint density at radius 1 is 1.35 bits per heavy atom. The maximum absolute atomic E-state index is 11.2. The van der Waals surface area contributed by atoms with Crippen LogP contribution in [-0.4, -0.2) is 35.4 Å². The highest BCUT2D eigenvalue weighted by Crippen LogP contribution is 2.11. The molecule has 0 saturated heterocycles. The number of thioether (sulfide) groups is 1. The maximum Gasteiger partial charge on any atom is 0.514 e. The van der Waals surface area contributed by atoms with E-state index in [1.165, 1.54) is 11.8 Å². The smallest absolute Gasteiger partial charge is 0.422 e. The van der Waals surface area contributed by atoms with E-state index >= 15 is 0 Å². The Bertz CT molecular complexity index is 382. The zero-order valence-corrected chi connectivity index (χ0v) is 11.2. The van der Waals surface area contributed by atoms with E-state index in [4.69, 9.17) is 21.7 Å². The van der Waals surface area contributed by atoms with Gasteiger partial charge in [-0.3, -0.25) is 0 Å². The molecule has 0 heterocycles. The maximum atomic E-state index is 11.2. The predicted octanol–water partition coefficient (Wildman–Crippen LogP) is 2.74. The average molecular weight is 271 g/mol. The Balaban J connectivity index is 2.25. The second kappa shape index (κ2) is 7.13. The molecule has 0 aromatic heterocycles. The summed E-state index contributed by atoms with van der Waals surface area (Å²) >= 11 is 6.27. The molecule has 0 fully saturated rings. The summed E-state index contributed by atoms with van der Waals surface area (Å²) in [6.45, 7) is 0. The molecule has 0 aliphatic heterocycles. The minimum Gasteiger partial charge on any atom is -0.422 e. The first-order valence-electron chi connectivity index (χ1n) is 4.83. The minimum absolute atomic E-state index is 0.142. The van der Waals surface area contributed by atoms with Crippen LogP contribution in [0.4, 0.5) is 4.79 Å². The van der Waals surface area contributed by atoms with Crippen LogP contribution >= 0.6 is 24.0 Å². The highest BCUT2D eigenvalue weighted by Gasteiger charge is 2.07. The Labute approximate surface area is 110 Å². The largest absolute Gasteiger partial charge is 0.514 e. The van der Waals surface area contributed by atoms with E-state index in [9.17, 15) is 4.79 Å². The highest BCUT2D eigenvalue weighted by atomic mass is 32.2. The van der Waals surface area contributed by atoms with Crippen LogP contribution in [0.5, 0.6) is 5.75 Å². The lowest BCUT2D eigenvalue weighted by atomic mass is 10.3. The van der Waals surface area contributed by atoms with Gasteiger partial charge in [-0.15, -0.1) is 0 Å². The standard InChI is InChI=1S/C11H13NO3S2/c1-12(2)10(16)17-8-14-11(13)15-9-6-4-3-5-7-9/h3-7H,8H2,1-2H3. The number of hydrogen-bond acceptors (Lipinski definition) is 5. The lowest BCUT2D eigenvalue weighted by Gasteiger charge is -2.12. The number of para-hydroxylation sites is 1. The predicted molar refractivity (Wildman–Crippen MR) is 72.3 cm³/mol. The summed E-state index contributed by atoms with van der Waals surface area (Å²) in [6.07, 6.45) is -0.731. The summed E-state index contributed by atoms with van der Waals surface area (Å²) in [5.74, 6) is 0.598. The Morgan fingerprint density at radius 2 is 2.00 bits per heavy atom. The monoisotopic (exact) mass is 271 g/mol. The summed E-state index contributed by atoms with van der Waals surface area (Å²) < 4.78 is 10.4. The molecule has 0 saturated carbocycles. The molecule has 1 aromatic rings. The third-order valence-electron chi connectivity index (χ3n) is 1.67. The van der Waals surface area contributed by atoms with E-state index in [2.05, 4.69) is 0 Å². The van der Waals surface area contributed by atoms with E-state index in [0.29, 0.717) is 10.1 Å². The number of rotatable bonds is 3. The SMILES string of the molecule is CN(C)C(=S)SCOC(=O)Oc1ccccc1. The molecule has 0 aliphatic rings. The molecular formula is C11H13NO3S2. The zero-order chi connectivity index (χ0) is 12.7. The molecule has 1 rings (SSSR count). The molecule has 0 spiro atoms. The molecule has 0 unspecified atom stereocenters. The van der Waals surface area contributed by atoms with Gasteiger partial charge in [0.1, 0.15) is 16.0 Å². The third kappa shape index (κ3) is 5.55. The molecule has 4 nitrogen and oxygen atoms in total. The highest BCUT2D eigenvalue weighted by molar-refractivity contribution is 8.22. The average Bonchev–Trinajstić information content (AvgIpc) is 2.30. The lowest BCUT2D eigenvalue weighted by molar-refractivity contribution is 0.116. The van der Waals surface area contributed by atoms with Gasteiger partial charge in [-0.05, 0) is 12.1 Å². The molecule has 0 N–H and O–H groups in total.